The molecule has 1 saturated carbocycles. The molecule has 1 heterocycles. The molecule has 1 aromatic heterocycles. The van der Waals surface area contributed by atoms with E-state index in [-0.39, 0.29) is 23.7 Å². The van der Waals surface area contributed by atoms with E-state index in [2.05, 4.69) is 10.6 Å². The second kappa shape index (κ2) is 8.73. The number of anilines is 2. The van der Waals surface area contributed by atoms with Gasteiger partial charge < -0.3 is 15.4 Å². The number of hydrogen-bond donors (Lipinski definition) is 2. The van der Waals surface area contributed by atoms with Crippen molar-refractivity contribution in [2.45, 2.75) is 26.2 Å². The molecule has 2 amide bonds. The smallest absolute Gasteiger partial charge is 0.259 e. The van der Waals surface area contributed by atoms with Gasteiger partial charge in [-0.3, -0.25) is 9.59 Å². The highest BCUT2D eigenvalue weighted by Crippen LogP contribution is 2.48. The van der Waals surface area contributed by atoms with Crippen LogP contribution in [-0.2, 0) is 4.79 Å². The number of ether oxygens (including phenoxy) is 1. The van der Waals surface area contributed by atoms with Crippen LogP contribution in [-0.4, -0.2) is 18.9 Å². The Labute approximate surface area is 190 Å². The number of amides is 2. The Morgan fingerprint density at radius 3 is 2.48 bits per heavy atom. The summed E-state index contributed by atoms with van der Waals surface area (Å²) in [4.78, 5) is 27.0. The Kier molecular flexibility index (Phi) is 6.03. The van der Waals surface area contributed by atoms with E-state index >= 15 is 0 Å². The number of benzene rings is 2. The molecule has 0 spiro atoms. The number of para-hydroxylation sites is 2. The van der Waals surface area contributed by atoms with Crippen LogP contribution >= 0.6 is 22.9 Å². The average Bonchev–Trinajstić information content (AvgIpc) is 3.50. The van der Waals surface area contributed by atoms with E-state index in [1.807, 2.05) is 50.2 Å². The second-order valence-corrected chi connectivity index (χ2v) is 9.29. The van der Waals surface area contributed by atoms with Crippen molar-refractivity contribution >= 4 is 45.4 Å². The van der Waals surface area contributed by atoms with Crippen LogP contribution in [0.15, 0.2) is 48.5 Å². The van der Waals surface area contributed by atoms with Gasteiger partial charge in [0, 0.05) is 15.8 Å². The predicted octanol–water partition coefficient (Wildman–Crippen LogP) is 6.02. The summed E-state index contributed by atoms with van der Waals surface area (Å²) in [5.74, 6) is 0.327. The molecule has 0 bridgehead atoms. The number of methoxy groups -OCH3 is 1. The van der Waals surface area contributed by atoms with Gasteiger partial charge in [0.15, 0.2) is 0 Å². The summed E-state index contributed by atoms with van der Waals surface area (Å²) < 4.78 is 5.32. The molecule has 5 nitrogen and oxygen atoms in total. The first kappa shape index (κ1) is 21.4. The van der Waals surface area contributed by atoms with Crippen molar-refractivity contribution in [1.29, 1.82) is 0 Å². The van der Waals surface area contributed by atoms with E-state index in [1.54, 1.807) is 19.2 Å². The van der Waals surface area contributed by atoms with Crippen molar-refractivity contribution in [1.82, 2.24) is 0 Å². The fourth-order valence-corrected chi connectivity index (χ4v) is 4.88. The molecule has 0 aliphatic heterocycles. The standard InChI is InChI=1S/C24H23ClN2O3S/c1-13-14(2)31-24(21(13)23(29)26-19-6-4-5-7-20(19)30-3)27-22(28)18-12-17(18)15-8-10-16(25)11-9-15/h4-11,17-18H,12H2,1-3H3,(H,26,29)(H,27,28)/t17-,18+/m0/s1. The van der Waals surface area contributed by atoms with Crippen LogP contribution in [0.5, 0.6) is 5.75 Å². The summed E-state index contributed by atoms with van der Waals surface area (Å²) in [5, 5.41) is 7.17. The van der Waals surface area contributed by atoms with Crippen molar-refractivity contribution in [2.75, 3.05) is 17.7 Å². The molecule has 2 atom stereocenters. The molecular formula is C24H23ClN2O3S. The first-order chi connectivity index (χ1) is 14.9. The Morgan fingerprint density at radius 2 is 1.77 bits per heavy atom. The molecule has 31 heavy (non-hydrogen) atoms. The lowest BCUT2D eigenvalue weighted by Gasteiger charge is -2.11. The topological polar surface area (TPSA) is 67.4 Å². The summed E-state index contributed by atoms with van der Waals surface area (Å²) in [6.07, 6.45) is 0.791. The normalized spacial score (nSPS) is 17.2. The highest BCUT2D eigenvalue weighted by atomic mass is 35.5. The third-order valence-corrected chi connectivity index (χ3v) is 7.00. The molecule has 0 unspecified atom stereocenters. The molecule has 1 fully saturated rings. The van der Waals surface area contributed by atoms with Crippen molar-refractivity contribution < 1.29 is 14.3 Å². The maximum Gasteiger partial charge on any atom is 0.259 e. The molecule has 160 valence electrons. The lowest BCUT2D eigenvalue weighted by atomic mass is 10.1. The minimum atomic E-state index is -0.272. The molecular weight excluding hydrogens is 432 g/mol. The van der Waals surface area contributed by atoms with Crippen LogP contribution in [0.25, 0.3) is 0 Å². The van der Waals surface area contributed by atoms with E-state index < -0.39 is 0 Å². The molecule has 1 aliphatic carbocycles. The van der Waals surface area contributed by atoms with Crippen LogP contribution in [0.2, 0.25) is 5.02 Å². The van der Waals surface area contributed by atoms with Crippen LogP contribution in [0, 0.1) is 19.8 Å². The zero-order valence-electron chi connectivity index (χ0n) is 17.5. The number of thiophene rings is 1. The molecule has 2 aromatic carbocycles. The zero-order valence-corrected chi connectivity index (χ0v) is 19.1. The summed E-state index contributed by atoms with van der Waals surface area (Å²) in [6.45, 7) is 3.84. The van der Waals surface area contributed by atoms with Gasteiger partial charge in [-0.05, 0) is 61.6 Å². The molecule has 2 N–H and O–H groups in total. The quantitative estimate of drug-likeness (QED) is 0.478. The van der Waals surface area contributed by atoms with Gasteiger partial charge in [0.2, 0.25) is 5.91 Å². The van der Waals surface area contributed by atoms with Gasteiger partial charge in [0.1, 0.15) is 10.8 Å². The van der Waals surface area contributed by atoms with Crippen LogP contribution in [0.3, 0.4) is 0 Å². The third-order valence-electron chi connectivity index (χ3n) is 5.63. The van der Waals surface area contributed by atoms with E-state index in [9.17, 15) is 9.59 Å². The summed E-state index contributed by atoms with van der Waals surface area (Å²) in [5.41, 5.74) is 3.04. The zero-order chi connectivity index (χ0) is 22.1. The van der Waals surface area contributed by atoms with Crippen molar-refractivity contribution in [2.24, 2.45) is 5.92 Å². The molecule has 3 aromatic rings. The maximum atomic E-state index is 13.1. The summed E-state index contributed by atoms with van der Waals surface area (Å²) >= 11 is 7.38. The Bertz CT molecular complexity index is 1140. The Hall–Kier alpha value is -2.83. The largest absolute Gasteiger partial charge is 0.495 e. The molecule has 7 heteroatoms. The number of carbonyl (C=O) groups is 2. The fraction of sp³-hybridized carbons (Fsp3) is 0.250. The highest BCUT2D eigenvalue weighted by Gasteiger charge is 2.44. The summed E-state index contributed by atoms with van der Waals surface area (Å²) in [6, 6.07) is 14.9. The van der Waals surface area contributed by atoms with Gasteiger partial charge in [-0.2, -0.15) is 0 Å². The minimum absolute atomic E-state index is 0.0625. The first-order valence-corrected chi connectivity index (χ1v) is 11.2. The predicted molar refractivity (Wildman–Crippen MR) is 126 cm³/mol. The number of nitrogens with one attached hydrogen (secondary N) is 2. The van der Waals surface area contributed by atoms with Crippen LogP contribution < -0.4 is 15.4 Å². The van der Waals surface area contributed by atoms with E-state index in [1.165, 1.54) is 11.3 Å². The highest BCUT2D eigenvalue weighted by molar-refractivity contribution is 7.16. The van der Waals surface area contributed by atoms with Gasteiger partial charge in [-0.15, -0.1) is 11.3 Å². The third kappa shape index (κ3) is 4.45. The van der Waals surface area contributed by atoms with Gasteiger partial charge >= 0.3 is 0 Å². The lowest BCUT2D eigenvalue weighted by Crippen LogP contribution is -2.19. The van der Waals surface area contributed by atoms with Gasteiger partial charge in [-0.1, -0.05) is 35.9 Å². The van der Waals surface area contributed by atoms with Gasteiger partial charge in [0.25, 0.3) is 5.91 Å². The molecule has 0 radical (unpaired) electrons. The van der Waals surface area contributed by atoms with Crippen LogP contribution in [0.4, 0.5) is 10.7 Å². The van der Waals surface area contributed by atoms with Gasteiger partial charge in [-0.25, -0.2) is 0 Å². The fourth-order valence-electron chi connectivity index (χ4n) is 3.69. The number of hydrogen-bond acceptors (Lipinski definition) is 4. The van der Waals surface area contributed by atoms with E-state index in [0.29, 0.717) is 27.0 Å². The molecule has 1 aliphatic rings. The van der Waals surface area contributed by atoms with Gasteiger partial charge in [0.05, 0.1) is 18.4 Å². The summed E-state index contributed by atoms with van der Waals surface area (Å²) in [7, 11) is 1.56. The number of aryl methyl sites for hydroxylation is 1. The number of rotatable bonds is 6. The SMILES string of the molecule is COc1ccccc1NC(=O)c1c(NC(=O)[C@@H]2C[C@H]2c2ccc(Cl)cc2)sc(C)c1C. The van der Waals surface area contributed by atoms with Crippen LogP contribution in [0.1, 0.15) is 38.7 Å². The lowest BCUT2D eigenvalue weighted by molar-refractivity contribution is -0.117. The average molecular weight is 455 g/mol. The van der Waals surface area contributed by atoms with Crippen molar-refractivity contribution in [3.8, 4) is 5.75 Å². The molecule has 0 saturated heterocycles. The van der Waals surface area contributed by atoms with Crippen molar-refractivity contribution in [3.63, 3.8) is 0 Å². The second-order valence-electron chi connectivity index (χ2n) is 7.63. The Morgan fingerprint density at radius 1 is 1.06 bits per heavy atom. The van der Waals surface area contributed by atoms with E-state index in [4.69, 9.17) is 16.3 Å². The number of carbonyl (C=O) groups excluding carboxylic acids is 2. The number of halogens is 1. The van der Waals surface area contributed by atoms with E-state index in [0.717, 1.165) is 22.4 Å². The Balaban J connectivity index is 1.51. The first-order valence-electron chi connectivity index (χ1n) is 9.99. The maximum absolute atomic E-state index is 13.1. The minimum Gasteiger partial charge on any atom is -0.495 e. The van der Waals surface area contributed by atoms with Crippen molar-refractivity contribution in [3.05, 3.63) is 75.1 Å². The monoisotopic (exact) mass is 454 g/mol. The molecule has 4 rings (SSSR count).